The van der Waals surface area contributed by atoms with Crippen molar-refractivity contribution in [1.82, 2.24) is 10.2 Å². The third kappa shape index (κ3) is 4.87. The lowest BCUT2D eigenvalue weighted by atomic mass is 9.87. The third-order valence-electron chi connectivity index (χ3n) is 4.37. The van der Waals surface area contributed by atoms with E-state index in [1.807, 2.05) is 0 Å². The fraction of sp³-hybridized carbons (Fsp3) is 0.765. The maximum Gasteiger partial charge on any atom is 0.0306 e. The summed E-state index contributed by atoms with van der Waals surface area (Å²) in [6.07, 6.45) is 3.58. The van der Waals surface area contributed by atoms with Gasteiger partial charge in [0.05, 0.1) is 0 Å². The molecule has 1 heterocycles. The Morgan fingerprint density at radius 3 is 2.45 bits per heavy atom. The molecule has 0 aliphatic heterocycles. The molecule has 0 amide bonds. The van der Waals surface area contributed by atoms with Crippen molar-refractivity contribution in [2.24, 2.45) is 0 Å². The van der Waals surface area contributed by atoms with E-state index in [4.69, 9.17) is 0 Å². The van der Waals surface area contributed by atoms with Crippen LogP contribution in [0.1, 0.15) is 53.0 Å². The average molecular weight is 297 g/mol. The van der Waals surface area contributed by atoms with Gasteiger partial charge in [-0.2, -0.15) is 11.3 Å². The molecule has 1 unspecified atom stereocenters. The summed E-state index contributed by atoms with van der Waals surface area (Å²) < 4.78 is 0. The van der Waals surface area contributed by atoms with Crippen molar-refractivity contribution in [2.75, 3.05) is 19.6 Å². The number of hydrogen-bond acceptors (Lipinski definition) is 3. The van der Waals surface area contributed by atoms with E-state index in [1.54, 1.807) is 11.3 Å². The molecule has 0 saturated carbocycles. The normalized spacial score (nSPS) is 13.9. The molecule has 1 atom stereocenters. The van der Waals surface area contributed by atoms with Crippen LogP contribution in [0.25, 0.3) is 0 Å². The Morgan fingerprint density at radius 1 is 1.25 bits per heavy atom. The predicted octanol–water partition coefficient (Wildman–Crippen LogP) is 4.17. The second-order valence-corrected chi connectivity index (χ2v) is 6.78. The van der Waals surface area contributed by atoms with Crippen molar-refractivity contribution in [3.05, 3.63) is 22.4 Å². The Balaban J connectivity index is 2.70. The molecule has 1 rings (SSSR count). The maximum atomic E-state index is 3.78. The molecule has 1 N–H and O–H groups in total. The van der Waals surface area contributed by atoms with Crippen LogP contribution in [-0.2, 0) is 6.42 Å². The van der Waals surface area contributed by atoms with Crippen LogP contribution >= 0.6 is 11.3 Å². The molecule has 0 aliphatic rings. The fourth-order valence-corrected chi connectivity index (χ4v) is 3.73. The Hall–Kier alpha value is -0.380. The molecule has 0 saturated heterocycles. The number of aryl methyl sites for hydroxylation is 1. The summed E-state index contributed by atoms with van der Waals surface area (Å²) >= 11 is 1.80. The lowest BCUT2D eigenvalue weighted by Crippen LogP contribution is -2.58. The molecule has 0 fully saturated rings. The minimum Gasteiger partial charge on any atom is -0.312 e. The molecular formula is C17H32N2S. The second kappa shape index (κ2) is 8.81. The van der Waals surface area contributed by atoms with Gasteiger partial charge < -0.3 is 5.32 Å². The van der Waals surface area contributed by atoms with Crippen molar-refractivity contribution in [1.29, 1.82) is 0 Å². The van der Waals surface area contributed by atoms with Gasteiger partial charge in [-0.15, -0.1) is 0 Å². The van der Waals surface area contributed by atoms with Gasteiger partial charge in [0.2, 0.25) is 0 Å². The Morgan fingerprint density at radius 2 is 1.95 bits per heavy atom. The van der Waals surface area contributed by atoms with Crippen LogP contribution in [-0.4, -0.2) is 36.1 Å². The molecule has 1 aromatic heterocycles. The van der Waals surface area contributed by atoms with Crippen molar-refractivity contribution < 1.29 is 0 Å². The van der Waals surface area contributed by atoms with Gasteiger partial charge >= 0.3 is 0 Å². The molecule has 2 nitrogen and oxygen atoms in total. The maximum absolute atomic E-state index is 3.78. The van der Waals surface area contributed by atoms with Crippen LogP contribution in [0.2, 0.25) is 0 Å². The molecule has 0 radical (unpaired) electrons. The van der Waals surface area contributed by atoms with Gasteiger partial charge in [0, 0.05) is 11.6 Å². The highest BCUT2D eigenvalue weighted by Crippen LogP contribution is 2.23. The number of rotatable bonds is 10. The molecule has 0 bridgehead atoms. The number of nitrogens with zero attached hydrogens (tertiary/aromatic N) is 1. The molecule has 0 aromatic carbocycles. The van der Waals surface area contributed by atoms with Crippen molar-refractivity contribution in [3.63, 3.8) is 0 Å². The second-order valence-electron chi connectivity index (χ2n) is 6.00. The van der Waals surface area contributed by atoms with Gasteiger partial charge in [-0.1, -0.05) is 20.8 Å². The van der Waals surface area contributed by atoms with E-state index in [-0.39, 0.29) is 5.54 Å². The van der Waals surface area contributed by atoms with E-state index in [0.717, 1.165) is 19.6 Å². The zero-order valence-corrected chi connectivity index (χ0v) is 14.7. The first-order chi connectivity index (χ1) is 9.56. The van der Waals surface area contributed by atoms with Gasteiger partial charge in [-0.05, 0) is 75.1 Å². The van der Waals surface area contributed by atoms with Crippen LogP contribution in [0.4, 0.5) is 0 Å². The van der Waals surface area contributed by atoms with Crippen LogP contribution in [0.3, 0.4) is 0 Å². The third-order valence-corrected chi connectivity index (χ3v) is 5.11. The van der Waals surface area contributed by atoms with Gasteiger partial charge in [0.15, 0.2) is 0 Å². The molecular weight excluding hydrogens is 264 g/mol. The number of hydrogen-bond donors (Lipinski definition) is 1. The van der Waals surface area contributed by atoms with E-state index in [0.29, 0.717) is 6.04 Å². The minimum atomic E-state index is 0.203. The minimum absolute atomic E-state index is 0.203. The van der Waals surface area contributed by atoms with E-state index >= 15 is 0 Å². The van der Waals surface area contributed by atoms with Gasteiger partial charge in [-0.3, -0.25) is 4.90 Å². The van der Waals surface area contributed by atoms with Crippen LogP contribution in [0.15, 0.2) is 16.8 Å². The molecule has 0 aliphatic carbocycles. The summed E-state index contributed by atoms with van der Waals surface area (Å²) in [6, 6.07) is 2.80. The van der Waals surface area contributed by atoms with Gasteiger partial charge in [0.25, 0.3) is 0 Å². The number of likely N-dealkylation sites (N-methyl/N-ethyl adjacent to an activating group) is 1. The summed E-state index contributed by atoms with van der Waals surface area (Å²) in [5, 5.41) is 8.24. The number of thiophene rings is 1. The molecule has 0 spiro atoms. The zero-order valence-electron chi connectivity index (χ0n) is 13.9. The SMILES string of the molecule is CCCNC(CCc1ccsc1)C(C)(C)N(CC)CC. The standard InChI is InChI=1S/C17H32N2S/c1-6-12-18-16(10-9-15-11-13-20-14-15)17(4,5)19(7-2)8-3/h11,13-14,16,18H,6-10,12H2,1-5H3. The Labute approximate surface area is 129 Å². The van der Waals surface area contributed by atoms with Crippen LogP contribution in [0, 0.1) is 0 Å². The van der Waals surface area contributed by atoms with Crippen molar-refractivity contribution in [2.45, 2.75) is 65.5 Å². The van der Waals surface area contributed by atoms with E-state index < -0.39 is 0 Å². The predicted molar refractivity (Wildman–Crippen MR) is 91.7 cm³/mol. The summed E-state index contributed by atoms with van der Waals surface area (Å²) in [6.45, 7) is 14.9. The largest absolute Gasteiger partial charge is 0.312 e. The highest BCUT2D eigenvalue weighted by molar-refractivity contribution is 7.07. The monoisotopic (exact) mass is 296 g/mol. The summed E-state index contributed by atoms with van der Waals surface area (Å²) in [5.41, 5.74) is 1.68. The lowest BCUT2D eigenvalue weighted by molar-refractivity contribution is 0.0876. The van der Waals surface area contributed by atoms with Crippen LogP contribution < -0.4 is 5.32 Å². The van der Waals surface area contributed by atoms with Crippen LogP contribution in [0.5, 0.6) is 0 Å². The topological polar surface area (TPSA) is 15.3 Å². The summed E-state index contributed by atoms with van der Waals surface area (Å²) in [5.74, 6) is 0. The Kier molecular flexibility index (Phi) is 7.78. The van der Waals surface area contributed by atoms with E-state index in [1.165, 1.54) is 24.8 Å². The quantitative estimate of drug-likeness (QED) is 0.697. The van der Waals surface area contributed by atoms with Gasteiger partial charge in [-0.25, -0.2) is 0 Å². The first-order valence-corrected chi connectivity index (χ1v) is 8.99. The summed E-state index contributed by atoms with van der Waals surface area (Å²) in [4.78, 5) is 2.58. The zero-order chi connectivity index (χ0) is 15.0. The fourth-order valence-electron chi connectivity index (χ4n) is 3.03. The van der Waals surface area contributed by atoms with Gasteiger partial charge in [0.1, 0.15) is 0 Å². The number of nitrogens with one attached hydrogen (secondary N) is 1. The van der Waals surface area contributed by atoms with E-state index in [2.05, 4.69) is 61.7 Å². The lowest BCUT2D eigenvalue weighted by Gasteiger charge is -2.44. The Bertz CT molecular complexity index is 342. The first-order valence-electron chi connectivity index (χ1n) is 8.05. The molecule has 116 valence electrons. The van der Waals surface area contributed by atoms with Crippen molar-refractivity contribution in [3.8, 4) is 0 Å². The highest BCUT2D eigenvalue weighted by Gasteiger charge is 2.33. The molecule has 3 heteroatoms. The van der Waals surface area contributed by atoms with E-state index in [9.17, 15) is 0 Å². The van der Waals surface area contributed by atoms with Crippen molar-refractivity contribution >= 4 is 11.3 Å². The summed E-state index contributed by atoms with van der Waals surface area (Å²) in [7, 11) is 0. The first kappa shape index (κ1) is 17.7. The molecule has 1 aromatic rings. The highest BCUT2D eigenvalue weighted by atomic mass is 32.1. The smallest absolute Gasteiger partial charge is 0.0306 e. The average Bonchev–Trinajstić information content (AvgIpc) is 2.92. The molecule has 20 heavy (non-hydrogen) atoms.